The molecule has 0 spiro atoms. The standard InChI is InChI=1S/C13H11Br2NO4/c14-8-4-7(6-16)5-9(15)11(8)12(20-13(17)18)10-2-1-3-19-10/h4-5,10,12H,1-3H2,(H,17,18). The van der Waals surface area contributed by atoms with Crippen LogP contribution in [0.2, 0.25) is 0 Å². The van der Waals surface area contributed by atoms with Crippen LogP contribution in [0.1, 0.15) is 30.1 Å². The zero-order valence-electron chi connectivity index (χ0n) is 10.3. The van der Waals surface area contributed by atoms with E-state index in [1.54, 1.807) is 12.1 Å². The van der Waals surface area contributed by atoms with Gasteiger partial charge >= 0.3 is 6.16 Å². The van der Waals surface area contributed by atoms with Crippen molar-refractivity contribution < 1.29 is 19.4 Å². The van der Waals surface area contributed by atoms with E-state index in [0.717, 1.165) is 12.8 Å². The maximum absolute atomic E-state index is 10.9. The van der Waals surface area contributed by atoms with Crippen LogP contribution in [0.4, 0.5) is 4.79 Å². The molecule has 0 aliphatic carbocycles. The molecule has 2 rings (SSSR count). The minimum atomic E-state index is -1.35. The topological polar surface area (TPSA) is 79.5 Å². The lowest BCUT2D eigenvalue weighted by molar-refractivity contribution is -0.0326. The van der Waals surface area contributed by atoms with Gasteiger partial charge in [-0.1, -0.05) is 31.9 Å². The van der Waals surface area contributed by atoms with E-state index < -0.39 is 12.3 Å². The van der Waals surface area contributed by atoms with Crippen LogP contribution in [-0.4, -0.2) is 24.0 Å². The van der Waals surface area contributed by atoms with E-state index in [-0.39, 0.29) is 6.10 Å². The molecule has 1 aliphatic heterocycles. The van der Waals surface area contributed by atoms with E-state index in [4.69, 9.17) is 19.8 Å². The van der Waals surface area contributed by atoms with E-state index in [1.807, 2.05) is 6.07 Å². The van der Waals surface area contributed by atoms with Crippen LogP contribution in [0, 0.1) is 11.3 Å². The van der Waals surface area contributed by atoms with E-state index in [0.29, 0.717) is 26.7 Å². The Labute approximate surface area is 132 Å². The van der Waals surface area contributed by atoms with Crippen molar-refractivity contribution >= 4 is 38.0 Å². The Hall–Kier alpha value is -1.10. The number of nitriles is 1. The molecule has 1 heterocycles. The van der Waals surface area contributed by atoms with Gasteiger partial charge in [-0.25, -0.2) is 4.79 Å². The quantitative estimate of drug-likeness (QED) is 0.770. The van der Waals surface area contributed by atoms with Gasteiger partial charge in [0.05, 0.1) is 17.7 Å². The van der Waals surface area contributed by atoms with Crippen LogP contribution in [0.3, 0.4) is 0 Å². The number of hydrogen-bond acceptors (Lipinski definition) is 4. The fourth-order valence-electron chi connectivity index (χ4n) is 2.19. The smallest absolute Gasteiger partial charge is 0.450 e. The Balaban J connectivity index is 2.42. The number of halogens is 2. The molecule has 1 saturated heterocycles. The molecule has 0 amide bonds. The molecule has 0 radical (unpaired) electrons. The number of rotatable bonds is 3. The Kier molecular flexibility index (Phi) is 5.02. The molecule has 1 N–H and O–H groups in total. The number of nitrogens with zero attached hydrogens (tertiary/aromatic N) is 1. The molecule has 1 aromatic carbocycles. The third kappa shape index (κ3) is 3.32. The molecule has 1 fully saturated rings. The van der Waals surface area contributed by atoms with Gasteiger partial charge in [-0.15, -0.1) is 0 Å². The highest BCUT2D eigenvalue weighted by Gasteiger charge is 2.33. The summed E-state index contributed by atoms with van der Waals surface area (Å²) in [5.74, 6) is 0. The second-order valence-electron chi connectivity index (χ2n) is 4.32. The lowest BCUT2D eigenvalue weighted by Gasteiger charge is -2.24. The van der Waals surface area contributed by atoms with E-state index in [2.05, 4.69) is 31.9 Å². The first kappa shape index (κ1) is 15.3. The molecule has 20 heavy (non-hydrogen) atoms. The molecule has 0 aromatic heterocycles. The average Bonchev–Trinajstić information content (AvgIpc) is 2.89. The normalized spacial score (nSPS) is 19.4. The van der Waals surface area contributed by atoms with Crippen LogP contribution >= 0.6 is 31.9 Å². The zero-order chi connectivity index (χ0) is 14.7. The van der Waals surface area contributed by atoms with Gasteiger partial charge in [-0.3, -0.25) is 0 Å². The molecule has 2 unspecified atom stereocenters. The second-order valence-corrected chi connectivity index (χ2v) is 6.03. The van der Waals surface area contributed by atoms with Gasteiger partial charge in [0.1, 0.15) is 0 Å². The summed E-state index contributed by atoms with van der Waals surface area (Å²) in [6.45, 7) is 0.593. The van der Waals surface area contributed by atoms with Gasteiger partial charge < -0.3 is 14.6 Å². The van der Waals surface area contributed by atoms with Crippen LogP contribution in [0.5, 0.6) is 0 Å². The summed E-state index contributed by atoms with van der Waals surface area (Å²) in [5.41, 5.74) is 1.10. The lowest BCUT2D eigenvalue weighted by Crippen LogP contribution is -2.23. The molecular formula is C13H11Br2NO4. The van der Waals surface area contributed by atoms with Gasteiger partial charge in [0.2, 0.25) is 0 Å². The summed E-state index contributed by atoms with van der Waals surface area (Å²) in [7, 11) is 0. The third-order valence-electron chi connectivity index (χ3n) is 3.02. The van der Waals surface area contributed by atoms with E-state index in [1.165, 1.54) is 0 Å². The van der Waals surface area contributed by atoms with Gasteiger partial charge in [0.15, 0.2) is 6.10 Å². The van der Waals surface area contributed by atoms with Crippen molar-refractivity contribution in [3.63, 3.8) is 0 Å². The number of carboxylic acid groups (broad SMARTS) is 1. The minimum Gasteiger partial charge on any atom is -0.450 e. The first-order valence-corrected chi connectivity index (χ1v) is 7.51. The number of carbonyl (C=O) groups is 1. The first-order valence-electron chi connectivity index (χ1n) is 5.93. The summed E-state index contributed by atoms with van der Waals surface area (Å²) in [4.78, 5) is 10.9. The van der Waals surface area contributed by atoms with Crippen LogP contribution < -0.4 is 0 Å². The fourth-order valence-corrected chi connectivity index (χ4v) is 3.83. The molecule has 0 saturated carbocycles. The molecule has 106 valence electrons. The highest BCUT2D eigenvalue weighted by atomic mass is 79.9. The maximum atomic E-state index is 10.9. The molecular weight excluding hydrogens is 394 g/mol. The minimum absolute atomic E-state index is 0.313. The zero-order valence-corrected chi connectivity index (χ0v) is 13.5. The van der Waals surface area contributed by atoms with Gasteiger partial charge in [0.25, 0.3) is 0 Å². The van der Waals surface area contributed by atoms with Gasteiger partial charge in [-0.2, -0.15) is 5.26 Å². The van der Waals surface area contributed by atoms with Gasteiger partial charge in [-0.05, 0) is 25.0 Å². The molecule has 0 bridgehead atoms. The summed E-state index contributed by atoms with van der Waals surface area (Å²) in [6.07, 6.45) is -0.793. The fraction of sp³-hybridized carbons (Fsp3) is 0.385. The molecule has 7 heteroatoms. The summed E-state index contributed by atoms with van der Waals surface area (Å²) in [5, 5.41) is 17.9. The molecule has 2 atom stereocenters. The summed E-state index contributed by atoms with van der Waals surface area (Å²) >= 11 is 6.73. The monoisotopic (exact) mass is 403 g/mol. The van der Waals surface area contributed by atoms with Crippen molar-refractivity contribution in [2.45, 2.75) is 25.0 Å². The van der Waals surface area contributed by atoms with Crippen LogP contribution in [-0.2, 0) is 9.47 Å². The lowest BCUT2D eigenvalue weighted by atomic mass is 10.0. The van der Waals surface area contributed by atoms with Crippen LogP contribution in [0.25, 0.3) is 0 Å². The van der Waals surface area contributed by atoms with Crippen molar-refractivity contribution in [3.8, 4) is 6.07 Å². The highest BCUT2D eigenvalue weighted by Crippen LogP contribution is 2.39. The van der Waals surface area contributed by atoms with E-state index >= 15 is 0 Å². The second kappa shape index (κ2) is 6.57. The van der Waals surface area contributed by atoms with Crippen molar-refractivity contribution in [2.24, 2.45) is 0 Å². The van der Waals surface area contributed by atoms with Crippen molar-refractivity contribution in [2.75, 3.05) is 6.61 Å². The average molecular weight is 405 g/mol. The van der Waals surface area contributed by atoms with Crippen LogP contribution in [0.15, 0.2) is 21.1 Å². The number of hydrogen-bond donors (Lipinski definition) is 1. The Bertz CT molecular complexity index is 541. The van der Waals surface area contributed by atoms with Crippen molar-refractivity contribution in [3.05, 3.63) is 32.2 Å². The van der Waals surface area contributed by atoms with Gasteiger partial charge in [0, 0.05) is 21.1 Å². The third-order valence-corrected chi connectivity index (χ3v) is 4.34. The number of benzene rings is 1. The predicted octanol–water partition coefficient (Wildman–Crippen LogP) is 4.00. The number of ether oxygens (including phenoxy) is 2. The van der Waals surface area contributed by atoms with Crippen molar-refractivity contribution in [1.29, 1.82) is 5.26 Å². The summed E-state index contributed by atoms with van der Waals surface area (Å²) < 4.78 is 11.8. The predicted molar refractivity (Wildman–Crippen MR) is 77.4 cm³/mol. The molecule has 5 nitrogen and oxygen atoms in total. The Morgan fingerprint density at radius 2 is 2.15 bits per heavy atom. The molecule has 1 aliphatic rings. The molecule has 1 aromatic rings. The van der Waals surface area contributed by atoms with Crippen molar-refractivity contribution in [1.82, 2.24) is 0 Å². The maximum Gasteiger partial charge on any atom is 0.506 e. The first-order chi connectivity index (χ1) is 9.52. The SMILES string of the molecule is N#Cc1cc(Br)c(C(OC(=O)O)C2CCCO2)c(Br)c1. The Morgan fingerprint density at radius 1 is 1.50 bits per heavy atom. The highest BCUT2D eigenvalue weighted by molar-refractivity contribution is 9.11. The van der Waals surface area contributed by atoms with E-state index in [9.17, 15) is 4.79 Å². The Morgan fingerprint density at radius 3 is 2.60 bits per heavy atom. The summed E-state index contributed by atoms with van der Waals surface area (Å²) in [6, 6.07) is 5.30. The largest absolute Gasteiger partial charge is 0.506 e.